The minimum atomic E-state index is -3.50. The molecule has 2 aromatic carbocycles. The molecule has 1 fully saturated rings. The van der Waals surface area contributed by atoms with Gasteiger partial charge >= 0.3 is 0 Å². The zero-order chi connectivity index (χ0) is 22.0. The molecule has 0 bridgehead atoms. The molecule has 0 aliphatic carbocycles. The lowest BCUT2D eigenvalue weighted by Gasteiger charge is -2.15. The number of rotatable bonds is 6. The highest BCUT2D eigenvalue weighted by Crippen LogP contribution is 2.22. The van der Waals surface area contributed by atoms with Crippen molar-refractivity contribution >= 4 is 37.5 Å². The van der Waals surface area contributed by atoms with Gasteiger partial charge in [0, 0.05) is 32.3 Å². The van der Waals surface area contributed by atoms with Crippen LogP contribution in [0.1, 0.15) is 28.8 Å². The Bertz CT molecular complexity index is 1270. The van der Waals surface area contributed by atoms with Crippen molar-refractivity contribution < 1.29 is 17.9 Å². The molecule has 1 aromatic heterocycles. The SMILES string of the molecule is COCCn1c(=NC(=O)c2ccc(S(=O)(=O)N3CCCC3)cc2)sc2cc(C)ccc21. The lowest BCUT2D eigenvalue weighted by atomic mass is 10.2. The van der Waals surface area contributed by atoms with Gasteiger partial charge in [-0.05, 0) is 61.7 Å². The molecule has 0 atom stereocenters. The number of aryl methyl sites for hydroxylation is 1. The van der Waals surface area contributed by atoms with Crippen molar-refractivity contribution in [3.8, 4) is 0 Å². The summed E-state index contributed by atoms with van der Waals surface area (Å²) in [6.45, 7) is 4.21. The number of carbonyl (C=O) groups excluding carboxylic acids is 1. The maximum absolute atomic E-state index is 12.8. The number of sulfonamides is 1. The van der Waals surface area contributed by atoms with Crippen LogP contribution in [0.15, 0.2) is 52.4 Å². The number of benzene rings is 2. The third kappa shape index (κ3) is 4.50. The van der Waals surface area contributed by atoms with Crippen LogP contribution < -0.4 is 4.80 Å². The number of ether oxygens (including phenoxy) is 1. The Hall–Kier alpha value is -2.33. The predicted molar refractivity (Wildman–Crippen MR) is 121 cm³/mol. The molecule has 164 valence electrons. The second-order valence-corrected chi connectivity index (χ2v) is 10.5. The normalized spacial score (nSPS) is 15.7. The molecule has 31 heavy (non-hydrogen) atoms. The molecule has 0 N–H and O–H groups in total. The van der Waals surface area contributed by atoms with E-state index in [4.69, 9.17) is 4.74 Å². The number of hydrogen-bond donors (Lipinski definition) is 0. The summed E-state index contributed by atoms with van der Waals surface area (Å²) in [5, 5.41) is 0. The van der Waals surface area contributed by atoms with Crippen molar-refractivity contribution in [1.29, 1.82) is 0 Å². The first-order valence-corrected chi connectivity index (χ1v) is 12.4. The minimum Gasteiger partial charge on any atom is -0.383 e. The highest BCUT2D eigenvalue weighted by molar-refractivity contribution is 7.89. The van der Waals surface area contributed by atoms with Gasteiger partial charge in [-0.3, -0.25) is 4.79 Å². The monoisotopic (exact) mass is 459 g/mol. The zero-order valence-electron chi connectivity index (χ0n) is 17.6. The molecule has 0 saturated carbocycles. The smallest absolute Gasteiger partial charge is 0.279 e. The van der Waals surface area contributed by atoms with E-state index in [2.05, 4.69) is 11.1 Å². The van der Waals surface area contributed by atoms with E-state index < -0.39 is 15.9 Å². The van der Waals surface area contributed by atoms with E-state index >= 15 is 0 Å². The van der Waals surface area contributed by atoms with Gasteiger partial charge in [-0.15, -0.1) is 0 Å². The van der Waals surface area contributed by atoms with Gasteiger partial charge in [0.2, 0.25) is 10.0 Å². The molecule has 2 heterocycles. The molecule has 1 aliphatic heterocycles. The van der Waals surface area contributed by atoms with Crippen LogP contribution in [0.25, 0.3) is 10.2 Å². The van der Waals surface area contributed by atoms with E-state index in [0.717, 1.165) is 28.6 Å². The first-order chi connectivity index (χ1) is 14.9. The number of fused-ring (bicyclic) bond motifs is 1. The number of amides is 1. The fourth-order valence-corrected chi connectivity index (χ4v) is 6.33. The number of thiazole rings is 1. The van der Waals surface area contributed by atoms with Gasteiger partial charge in [-0.25, -0.2) is 8.42 Å². The van der Waals surface area contributed by atoms with E-state index in [1.807, 2.05) is 23.6 Å². The molecule has 3 aromatic rings. The third-order valence-electron chi connectivity index (χ3n) is 5.36. The van der Waals surface area contributed by atoms with Crippen molar-refractivity contribution in [1.82, 2.24) is 8.87 Å². The van der Waals surface area contributed by atoms with Gasteiger partial charge < -0.3 is 9.30 Å². The van der Waals surface area contributed by atoms with Gasteiger partial charge in [-0.1, -0.05) is 17.4 Å². The summed E-state index contributed by atoms with van der Waals surface area (Å²) < 4.78 is 35.1. The van der Waals surface area contributed by atoms with Crippen LogP contribution in [-0.2, 0) is 21.3 Å². The summed E-state index contributed by atoms with van der Waals surface area (Å²) in [5.74, 6) is -0.403. The summed E-state index contributed by atoms with van der Waals surface area (Å²) in [5.41, 5.74) is 2.50. The Morgan fingerprint density at radius 3 is 2.52 bits per heavy atom. The van der Waals surface area contributed by atoms with Crippen LogP contribution in [0.3, 0.4) is 0 Å². The lowest BCUT2D eigenvalue weighted by molar-refractivity contribution is 0.0997. The Morgan fingerprint density at radius 1 is 1.13 bits per heavy atom. The first-order valence-electron chi connectivity index (χ1n) is 10.2. The summed E-state index contributed by atoms with van der Waals surface area (Å²) in [6.07, 6.45) is 1.76. The van der Waals surface area contributed by atoms with Crippen LogP contribution in [0.5, 0.6) is 0 Å². The second-order valence-electron chi connectivity index (χ2n) is 7.55. The van der Waals surface area contributed by atoms with Crippen LogP contribution in [0.2, 0.25) is 0 Å². The zero-order valence-corrected chi connectivity index (χ0v) is 19.2. The minimum absolute atomic E-state index is 0.207. The Balaban J connectivity index is 1.66. The topological polar surface area (TPSA) is 81.0 Å². The van der Waals surface area contributed by atoms with Crippen LogP contribution >= 0.6 is 11.3 Å². The number of hydrogen-bond acceptors (Lipinski definition) is 5. The highest BCUT2D eigenvalue weighted by atomic mass is 32.2. The number of methoxy groups -OCH3 is 1. The number of carbonyl (C=O) groups is 1. The molecule has 9 heteroatoms. The largest absolute Gasteiger partial charge is 0.383 e. The predicted octanol–water partition coefficient (Wildman–Crippen LogP) is 3.18. The molecule has 1 saturated heterocycles. The summed E-state index contributed by atoms with van der Waals surface area (Å²) in [4.78, 5) is 18.0. The van der Waals surface area contributed by atoms with Gasteiger partial charge in [0.15, 0.2) is 4.80 Å². The Labute approximate surface area is 185 Å². The fraction of sp³-hybridized carbons (Fsp3) is 0.364. The quantitative estimate of drug-likeness (QED) is 0.567. The molecule has 4 rings (SSSR count). The van der Waals surface area contributed by atoms with Gasteiger partial charge in [-0.2, -0.15) is 9.30 Å². The molecule has 1 amide bonds. The summed E-state index contributed by atoms with van der Waals surface area (Å²) in [6, 6.07) is 12.2. The average molecular weight is 460 g/mol. The van der Waals surface area contributed by atoms with E-state index in [0.29, 0.717) is 36.6 Å². The molecule has 7 nitrogen and oxygen atoms in total. The van der Waals surface area contributed by atoms with Crippen molar-refractivity contribution in [3.63, 3.8) is 0 Å². The number of aromatic nitrogens is 1. The Morgan fingerprint density at radius 2 is 1.84 bits per heavy atom. The van der Waals surface area contributed by atoms with E-state index in [1.165, 1.54) is 39.9 Å². The lowest BCUT2D eigenvalue weighted by Crippen LogP contribution is -2.27. The average Bonchev–Trinajstić information content (AvgIpc) is 3.41. The van der Waals surface area contributed by atoms with Gasteiger partial charge in [0.05, 0.1) is 21.7 Å². The van der Waals surface area contributed by atoms with Crippen molar-refractivity contribution in [2.24, 2.45) is 4.99 Å². The van der Waals surface area contributed by atoms with Crippen LogP contribution in [-0.4, -0.2) is 50.0 Å². The van der Waals surface area contributed by atoms with Crippen LogP contribution in [0, 0.1) is 6.92 Å². The van der Waals surface area contributed by atoms with Crippen LogP contribution in [0.4, 0.5) is 0 Å². The standard InChI is InChI=1S/C22H25N3O4S2/c1-16-5-10-19-20(15-16)30-22(25(19)13-14-29-2)23-21(26)17-6-8-18(9-7-17)31(27,28)24-11-3-4-12-24/h5-10,15H,3-4,11-14H2,1-2H3. The first kappa shape index (κ1) is 21.9. The van der Waals surface area contributed by atoms with Crippen molar-refractivity contribution in [3.05, 3.63) is 58.4 Å². The third-order valence-corrected chi connectivity index (χ3v) is 8.31. The fourth-order valence-electron chi connectivity index (χ4n) is 3.66. The molecule has 0 unspecified atom stereocenters. The van der Waals surface area contributed by atoms with E-state index in [-0.39, 0.29) is 4.90 Å². The number of nitrogens with zero attached hydrogens (tertiary/aromatic N) is 3. The molecule has 0 radical (unpaired) electrons. The maximum Gasteiger partial charge on any atom is 0.279 e. The van der Waals surface area contributed by atoms with Gasteiger partial charge in [0.1, 0.15) is 0 Å². The van der Waals surface area contributed by atoms with E-state index in [9.17, 15) is 13.2 Å². The van der Waals surface area contributed by atoms with Crippen molar-refractivity contribution in [2.45, 2.75) is 31.2 Å². The van der Waals surface area contributed by atoms with Crippen molar-refractivity contribution in [2.75, 3.05) is 26.8 Å². The second kappa shape index (κ2) is 9.04. The Kier molecular flexibility index (Phi) is 6.38. The van der Waals surface area contributed by atoms with E-state index in [1.54, 1.807) is 7.11 Å². The highest BCUT2D eigenvalue weighted by Gasteiger charge is 2.27. The molecular formula is C22H25N3O4S2. The van der Waals surface area contributed by atoms with Gasteiger partial charge in [0.25, 0.3) is 5.91 Å². The summed E-state index contributed by atoms with van der Waals surface area (Å²) in [7, 11) is -1.87. The maximum atomic E-state index is 12.8. The molecule has 0 spiro atoms. The molecule has 1 aliphatic rings. The molecular weight excluding hydrogens is 434 g/mol. The summed E-state index contributed by atoms with van der Waals surface area (Å²) >= 11 is 1.45.